The predicted molar refractivity (Wildman–Crippen MR) is 96.6 cm³/mol. The third-order valence-corrected chi connectivity index (χ3v) is 4.33. The van der Waals surface area contributed by atoms with Gasteiger partial charge in [0, 0.05) is 36.5 Å². The minimum absolute atomic E-state index is 0.0142. The molecule has 3 N–H and O–H groups in total. The number of hydrogen-bond acceptors (Lipinski definition) is 6. The first-order chi connectivity index (χ1) is 12.0. The summed E-state index contributed by atoms with van der Waals surface area (Å²) in [5, 5.41) is 3.25. The lowest BCUT2D eigenvalue weighted by molar-refractivity contribution is -0.130. The molecule has 1 fully saturated rings. The number of nitrogens with two attached hydrogens (primary N) is 1. The SMILES string of the molecule is Cc1cccc(Nc2cc(C)nc([C@H]3CCCN(C(=O)CN)C3)n2)n1. The molecule has 1 saturated heterocycles. The lowest BCUT2D eigenvalue weighted by Crippen LogP contribution is -2.42. The molecule has 0 unspecified atom stereocenters. The van der Waals surface area contributed by atoms with Gasteiger partial charge in [-0.05, 0) is 38.8 Å². The fraction of sp³-hybridized carbons (Fsp3) is 0.444. The van der Waals surface area contributed by atoms with E-state index in [0.717, 1.165) is 48.2 Å². The molecule has 0 spiro atoms. The highest BCUT2D eigenvalue weighted by Gasteiger charge is 2.26. The number of nitrogens with one attached hydrogen (secondary N) is 1. The van der Waals surface area contributed by atoms with E-state index in [1.807, 2.05) is 43.0 Å². The Labute approximate surface area is 147 Å². The van der Waals surface area contributed by atoms with Crippen molar-refractivity contribution < 1.29 is 4.79 Å². The average Bonchev–Trinajstić information content (AvgIpc) is 2.60. The summed E-state index contributed by atoms with van der Waals surface area (Å²) >= 11 is 0. The van der Waals surface area contributed by atoms with Gasteiger partial charge in [0.1, 0.15) is 17.5 Å². The molecule has 7 nitrogen and oxygen atoms in total. The van der Waals surface area contributed by atoms with Crippen molar-refractivity contribution in [3.05, 3.63) is 41.5 Å². The van der Waals surface area contributed by atoms with Crippen LogP contribution >= 0.6 is 0 Å². The van der Waals surface area contributed by atoms with Crippen LogP contribution in [-0.2, 0) is 4.79 Å². The van der Waals surface area contributed by atoms with Crippen molar-refractivity contribution in [2.75, 3.05) is 25.0 Å². The van der Waals surface area contributed by atoms with Crippen LogP contribution in [0.5, 0.6) is 0 Å². The fourth-order valence-corrected chi connectivity index (χ4v) is 3.13. The van der Waals surface area contributed by atoms with E-state index in [-0.39, 0.29) is 18.4 Å². The zero-order chi connectivity index (χ0) is 17.8. The summed E-state index contributed by atoms with van der Waals surface area (Å²) in [6.07, 6.45) is 1.91. The molecule has 3 heterocycles. The number of nitrogens with zero attached hydrogens (tertiary/aromatic N) is 4. The van der Waals surface area contributed by atoms with Crippen molar-refractivity contribution in [1.29, 1.82) is 0 Å². The van der Waals surface area contributed by atoms with Gasteiger partial charge >= 0.3 is 0 Å². The lowest BCUT2D eigenvalue weighted by Gasteiger charge is -2.32. The molecule has 3 rings (SSSR count). The van der Waals surface area contributed by atoms with E-state index >= 15 is 0 Å². The Morgan fingerprint density at radius 3 is 2.84 bits per heavy atom. The molecule has 1 aliphatic heterocycles. The van der Waals surface area contributed by atoms with Crippen LogP contribution < -0.4 is 11.1 Å². The summed E-state index contributed by atoms with van der Waals surface area (Å²) in [6, 6.07) is 7.72. The molecule has 25 heavy (non-hydrogen) atoms. The Balaban J connectivity index is 1.80. The zero-order valence-electron chi connectivity index (χ0n) is 14.7. The summed E-state index contributed by atoms with van der Waals surface area (Å²) in [5.74, 6) is 2.37. The first-order valence-electron chi connectivity index (χ1n) is 8.59. The summed E-state index contributed by atoms with van der Waals surface area (Å²) in [7, 11) is 0. The van der Waals surface area contributed by atoms with Crippen LogP contribution in [0.2, 0.25) is 0 Å². The number of likely N-dealkylation sites (tertiary alicyclic amines) is 1. The van der Waals surface area contributed by atoms with Crippen LogP contribution in [-0.4, -0.2) is 45.4 Å². The average molecular weight is 340 g/mol. The lowest BCUT2D eigenvalue weighted by atomic mass is 9.97. The highest BCUT2D eigenvalue weighted by Crippen LogP contribution is 2.26. The monoisotopic (exact) mass is 340 g/mol. The Hall–Kier alpha value is -2.54. The van der Waals surface area contributed by atoms with Crippen LogP contribution in [0.4, 0.5) is 11.6 Å². The Morgan fingerprint density at radius 1 is 1.24 bits per heavy atom. The molecule has 1 aliphatic rings. The van der Waals surface area contributed by atoms with Crippen LogP contribution in [0, 0.1) is 13.8 Å². The van der Waals surface area contributed by atoms with E-state index in [1.54, 1.807) is 0 Å². The summed E-state index contributed by atoms with van der Waals surface area (Å²) in [6.45, 7) is 5.34. The first-order valence-corrected chi connectivity index (χ1v) is 8.59. The van der Waals surface area contributed by atoms with E-state index in [1.165, 1.54) is 0 Å². The molecule has 0 radical (unpaired) electrons. The number of aryl methyl sites for hydroxylation is 2. The number of carbonyl (C=O) groups excluding carboxylic acids is 1. The molecular weight excluding hydrogens is 316 g/mol. The molecule has 0 bridgehead atoms. The number of pyridine rings is 1. The molecule has 1 amide bonds. The largest absolute Gasteiger partial charge is 0.341 e. The highest BCUT2D eigenvalue weighted by atomic mass is 16.2. The molecule has 2 aromatic rings. The van der Waals surface area contributed by atoms with Gasteiger partial charge in [-0.3, -0.25) is 4.79 Å². The second-order valence-corrected chi connectivity index (χ2v) is 6.43. The predicted octanol–water partition coefficient (Wildman–Crippen LogP) is 1.90. The smallest absolute Gasteiger partial charge is 0.236 e. The summed E-state index contributed by atoms with van der Waals surface area (Å²) < 4.78 is 0. The van der Waals surface area contributed by atoms with Crippen LogP contribution in [0.1, 0.15) is 36.0 Å². The second kappa shape index (κ2) is 7.57. The number of carbonyl (C=O) groups is 1. The number of aromatic nitrogens is 3. The van der Waals surface area contributed by atoms with E-state index in [0.29, 0.717) is 6.54 Å². The molecular formula is C18H24N6O. The maximum Gasteiger partial charge on any atom is 0.236 e. The molecule has 7 heteroatoms. The van der Waals surface area contributed by atoms with Crippen molar-refractivity contribution >= 4 is 17.5 Å². The molecule has 2 aromatic heterocycles. The van der Waals surface area contributed by atoms with Crippen LogP contribution in [0.25, 0.3) is 0 Å². The minimum Gasteiger partial charge on any atom is -0.341 e. The Bertz CT molecular complexity index is 763. The molecule has 0 aromatic carbocycles. The van der Waals surface area contributed by atoms with Gasteiger partial charge in [-0.15, -0.1) is 0 Å². The van der Waals surface area contributed by atoms with Crippen molar-refractivity contribution in [2.45, 2.75) is 32.6 Å². The van der Waals surface area contributed by atoms with Gasteiger partial charge in [-0.1, -0.05) is 6.07 Å². The normalized spacial score (nSPS) is 17.4. The number of hydrogen-bond donors (Lipinski definition) is 2. The van der Waals surface area contributed by atoms with Gasteiger partial charge in [0.15, 0.2) is 0 Å². The van der Waals surface area contributed by atoms with Gasteiger partial charge in [-0.2, -0.15) is 0 Å². The van der Waals surface area contributed by atoms with Crippen LogP contribution in [0.3, 0.4) is 0 Å². The van der Waals surface area contributed by atoms with Gasteiger partial charge in [-0.25, -0.2) is 15.0 Å². The fourth-order valence-electron chi connectivity index (χ4n) is 3.13. The van der Waals surface area contributed by atoms with E-state index in [9.17, 15) is 4.79 Å². The first kappa shape index (κ1) is 17.3. The zero-order valence-corrected chi connectivity index (χ0v) is 14.7. The maximum atomic E-state index is 11.9. The Kier molecular flexibility index (Phi) is 5.23. The van der Waals surface area contributed by atoms with Gasteiger partial charge < -0.3 is 16.0 Å². The van der Waals surface area contributed by atoms with Gasteiger partial charge in [0.2, 0.25) is 5.91 Å². The van der Waals surface area contributed by atoms with Crippen LogP contribution in [0.15, 0.2) is 24.3 Å². The molecule has 0 saturated carbocycles. The highest BCUT2D eigenvalue weighted by molar-refractivity contribution is 5.78. The topological polar surface area (TPSA) is 97.0 Å². The van der Waals surface area contributed by atoms with Gasteiger partial charge in [0.05, 0.1) is 6.54 Å². The van der Waals surface area contributed by atoms with Crippen molar-refractivity contribution in [1.82, 2.24) is 19.9 Å². The maximum absolute atomic E-state index is 11.9. The summed E-state index contributed by atoms with van der Waals surface area (Å²) in [4.78, 5) is 27.4. The minimum atomic E-state index is -0.0142. The quantitative estimate of drug-likeness (QED) is 0.882. The van der Waals surface area contributed by atoms with E-state index < -0.39 is 0 Å². The number of anilines is 2. The van der Waals surface area contributed by atoms with Crippen molar-refractivity contribution in [3.8, 4) is 0 Å². The second-order valence-electron chi connectivity index (χ2n) is 6.43. The third kappa shape index (κ3) is 4.30. The van der Waals surface area contributed by atoms with E-state index in [2.05, 4.69) is 20.3 Å². The van der Waals surface area contributed by atoms with E-state index in [4.69, 9.17) is 5.73 Å². The number of piperidine rings is 1. The molecule has 0 aliphatic carbocycles. The Morgan fingerprint density at radius 2 is 2.08 bits per heavy atom. The standard InChI is InChI=1S/C18H24N6O/c1-12-5-3-7-15(20-12)22-16-9-13(2)21-18(23-16)14-6-4-8-24(11-14)17(25)10-19/h3,5,7,9,14H,4,6,8,10-11,19H2,1-2H3,(H,20,21,22,23)/t14-/m0/s1. The van der Waals surface area contributed by atoms with Crippen molar-refractivity contribution in [2.24, 2.45) is 5.73 Å². The molecule has 132 valence electrons. The third-order valence-electron chi connectivity index (χ3n) is 4.33. The number of amides is 1. The summed E-state index contributed by atoms with van der Waals surface area (Å²) in [5.41, 5.74) is 7.33. The molecule has 1 atom stereocenters. The van der Waals surface area contributed by atoms with Gasteiger partial charge in [0.25, 0.3) is 0 Å². The number of rotatable bonds is 4. The van der Waals surface area contributed by atoms with Crippen molar-refractivity contribution in [3.63, 3.8) is 0 Å².